The number of anilines is 1. The third-order valence-electron chi connectivity index (χ3n) is 9.81. The van der Waals surface area contributed by atoms with Crippen molar-refractivity contribution in [3.63, 3.8) is 0 Å². The van der Waals surface area contributed by atoms with Gasteiger partial charge < -0.3 is 10.4 Å². The van der Waals surface area contributed by atoms with Gasteiger partial charge in [-0.1, -0.05) is 19.4 Å². The highest BCUT2D eigenvalue weighted by Gasteiger charge is 2.56. The molecule has 4 aliphatic carbocycles. The van der Waals surface area contributed by atoms with E-state index >= 15 is 0 Å². The molecule has 0 unspecified atom stereocenters. The summed E-state index contributed by atoms with van der Waals surface area (Å²) in [5.74, 6) is 4.20. The van der Waals surface area contributed by atoms with Gasteiger partial charge in [-0.15, -0.1) is 0 Å². The standard InChI is InChI=1S/C27H38N2O/c1-26(30)13-11-21-19(16-26)9-10-23-22(21)12-14-27(2)24(23)7-4-8-25(27)29-20-6-3-5-18(15-20)17-28/h3,5-6,15,19,21-25,29-30H,4,7-14,16H2,1-2H3/t19-,21+,22-,23-,24+,25-,26-,27+/m1/s1. The normalized spacial score (nSPS) is 45.4. The minimum atomic E-state index is -0.422. The smallest absolute Gasteiger partial charge is 0.0992 e. The quantitative estimate of drug-likeness (QED) is 0.621. The van der Waals surface area contributed by atoms with E-state index in [0.29, 0.717) is 11.5 Å². The van der Waals surface area contributed by atoms with Gasteiger partial charge in [0.25, 0.3) is 0 Å². The molecule has 0 radical (unpaired) electrons. The third kappa shape index (κ3) is 3.46. The number of nitrogens with one attached hydrogen (secondary N) is 1. The molecule has 162 valence electrons. The Kier molecular flexibility index (Phi) is 5.13. The van der Waals surface area contributed by atoms with Gasteiger partial charge in [0.2, 0.25) is 0 Å². The molecule has 0 heterocycles. The third-order valence-corrected chi connectivity index (χ3v) is 9.81. The van der Waals surface area contributed by atoms with E-state index in [2.05, 4.69) is 31.3 Å². The van der Waals surface area contributed by atoms with Crippen LogP contribution < -0.4 is 5.32 Å². The summed E-state index contributed by atoms with van der Waals surface area (Å²) in [5, 5.41) is 23.8. The first-order valence-corrected chi connectivity index (χ1v) is 12.4. The molecule has 4 fully saturated rings. The van der Waals surface area contributed by atoms with Crippen molar-refractivity contribution in [3.8, 4) is 6.07 Å². The maximum atomic E-state index is 10.6. The van der Waals surface area contributed by atoms with Gasteiger partial charge in [-0.3, -0.25) is 0 Å². The predicted molar refractivity (Wildman–Crippen MR) is 121 cm³/mol. The van der Waals surface area contributed by atoms with E-state index in [1.165, 1.54) is 51.4 Å². The molecule has 0 saturated heterocycles. The summed E-state index contributed by atoms with van der Waals surface area (Å²) in [4.78, 5) is 0. The highest BCUT2D eigenvalue weighted by molar-refractivity contribution is 5.50. The van der Waals surface area contributed by atoms with Gasteiger partial charge in [0.05, 0.1) is 17.2 Å². The lowest BCUT2D eigenvalue weighted by molar-refractivity contribution is -0.113. The molecule has 0 amide bonds. The van der Waals surface area contributed by atoms with Crippen molar-refractivity contribution in [2.45, 2.75) is 89.7 Å². The molecular weight excluding hydrogens is 368 g/mol. The monoisotopic (exact) mass is 406 g/mol. The van der Waals surface area contributed by atoms with Crippen molar-refractivity contribution >= 4 is 5.69 Å². The Morgan fingerprint density at radius 2 is 1.83 bits per heavy atom. The first-order chi connectivity index (χ1) is 14.4. The summed E-state index contributed by atoms with van der Waals surface area (Å²) in [7, 11) is 0. The van der Waals surface area contributed by atoms with Crippen LogP contribution in [0.3, 0.4) is 0 Å². The van der Waals surface area contributed by atoms with Gasteiger partial charge in [-0.25, -0.2) is 0 Å². The van der Waals surface area contributed by atoms with Crippen molar-refractivity contribution in [1.29, 1.82) is 5.26 Å². The van der Waals surface area contributed by atoms with Crippen LogP contribution in [-0.2, 0) is 0 Å². The summed E-state index contributed by atoms with van der Waals surface area (Å²) < 4.78 is 0. The van der Waals surface area contributed by atoms with Crippen LogP contribution in [-0.4, -0.2) is 16.7 Å². The van der Waals surface area contributed by atoms with Gasteiger partial charge >= 0.3 is 0 Å². The van der Waals surface area contributed by atoms with Crippen LogP contribution in [0, 0.1) is 46.3 Å². The second-order valence-corrected chi connectivity index (χ2v) is 11.5. The second-order valence-electron chi connectivity index (χ2n) is 11.5. The number of nitrogens with zero attached hydrogens (tertiary/aromatic N) is 1. The summed E-state index contributed by atoms with van der Waals surface area (Å²) >= 11 is 0. The molecule has 4 saturated carbocycles. The molecule has 30 heavy (non-hydrogen) atoms. The Morgan fingerprint density at radius 3 is 2.67 bits per heavy atom. The highest BCUT2D eigenvalue weighted by Crippen LogP contribution is 2.62. The molecular formula is C27H38N2O. The zero-order valence-electron chi connectivity index (χ0n) is 18.7. The van der Waals surface area contributed by atoms with E-state index in [-0.39, 0.29) is 0 Å². The Labute approximate surface area is 182 Å². The summed E-state index contributed by atoms with van der Waals surface area (Å²) in [5.41, 5.74) is 1.79. The Hall–Kier alpha value is -1.53. The molecule has 3 nitrogen and oxygen atoms in total. The number of hydrogen-bond donors (Lipinski definition) is 2. The van der Waals surface area contributed by atoms with Crippen LogP contribution in [0.25, 0.3) is 0 Å². The second kappa shape index (κ2) is 7.56. The zero-order chi connectivity index (χ0) is 20.9. The molecule has 3 heteroatoms. The molecule has 0 aliphatic heterocycles. The molecule has 0 spiro atoms. The predicted octanol–water partition coefficient (Wildman–Crippen LogP) is 6.13. The number of rotatable bonds is 2. The molecule has 0 bridgehead atoms. The molecule has 5 rings (SSSR count). The fourth-order valence-corrected chi connectivity index (χ4v) is 8.39. The topological polar surface area (TPSA) is 56.0 Å². The number of benzene rings is 1. The fraction of sp³-hybridized carbons (Fsp3) is 0.741. The van der Waals surface area contributed by atoms with Gasteiger partial charge in [-0.05, 0) is 118 Å². The first kappa shape index (κ1) is 20.4. The van der Waals surface area contributed by atoms with Crippen molar-refractivity contribution < 1.29 is 5.11 Å². The van der Waals surface area contributed by atoms with E-state index in [0.717, 1.165) is 53.7 Å². The van der Waals surface area contributed by atoms with E-state index < -0.39 is 5.60 Å². The minimum Gasteiger partial charge on any atom is -0.390 e. The number of fused-ring (bicyclic) bond motifs is 5. The zero-order valence-corrected chi connectivity index (χ0v) is 18.7. The molecule has 1 aromatic rings. The molecule has 0 aromatic heterocycles. The van der Waals surface area contributed by atoms with Gasteiger partial charge in [0, 0.05) is 11.7 Å². The maximum absolute atomic E-state index is 10.6. The first-order valence-electron chi connectivity index (χ1n) is 12.4. The average Bonchev–Trinajstić information content (AvgIpc) is 2.73. The van der Waals surface area contributed by atoms with Crippen LogP contribution in [0.4, 0.5) is 5.69 Å². The number of nitriles is 1. The maximum Gasteiger partial charge on any atom is 0.0992 e. The molecule has 2 N–H and O–H groups in total. The van der Waals surface area contributed by atoms with E-state index in [9.17, 15) is 10.4 Å². The van der Waals surface area contributed by atoms with Crippen LogP contribution in [0.15, 0.2) is 24.3 Å². The van der Waals surface area contributed by atoms with Crippen LogP contribution in [0.1, 0.15) is 83.6 Å². The SMILES string of the molecule is C[C@@]1(O)CC[C@H]2[C@H](CC[C@@H]3[C@@H]2CC[C@]2(C)[C@H](Nc4cccc(C#N)c4)CCC[C@@H]32)C1. The lowest BCUT2D eigenvalue weighted by Gasteiger charge is -2.61. The van der Waals surface area contributed by atoms with Gasteiger partial charge in [-0.2, -0.15) is 5.26 Å². The number of hydrogen-bond acceptors (Lipinski definition) is 3. The molecule has 1 aromatic carbocycles. The van der Waals surface area contributed by atoms with Crippen molar-refractivity contribution in [2.24, 2.45) is 35.0 Å². The Bertz CT molecular complexity index is 826. The summed E-state index contributed by atoms with van der Waals surface area (Å²) in [6.45, 7) is 4.63. The minimum absolute atomic E-state index is 0.356. The fourth-order valence-electron chi connectivity index (χ4n) is 8.39. The van der Waals surface area contributed by atoms with E-state index in [1.807, 2.05) is 18.2 Å². The molecule has 8 atom stereocenters. The molecule has 4 aliphatic rings. The van der Waals surface area contributed by atoms with Crippen LogP contribution in [0.2, 0.25) is 0 Å². The lowest BCUT2D eigenvalue weighted by Crippen LogP contribution is -2.56. The highest BCUT2D eigenvalue weighted by atomic mass is 16.3. The largest absolute Gasteiger partial charge is 0.390 e. The number of aliphatic hydroxyl groups is 1. The van der Waals surface area contributed by atoms with Gasteiger partial charge in [0.1, 0.15) is 0 Å². The van der Waals surface area contributed by atoms with Gasteiger partial charge in [0.15, 0.2) is 0 Å². The van der Waals surface area contributed by atoms with Crippen molar-refractivity contribution in [1.82, 2.24) is 0 Å². The summed E-state index contributed by atoms with van der Waals surface area (Å²) in [6, 6.07) is 10.8. The van der Waals surface area contributed by atoms with Crippen LogP contribution in [0.5, 0.6) is 0 Å². The Balaban J connectivity index is 1.35. The van der Waals surface area contributed by atoms with E-state index in [4.69, 9.17) is 0 Å². The summed E-state index contributed by atoms with van der Waals surface area (Å²) in [6.07, 6.45) is 12.6. The lowest BCUT2D eigenvalue weighted by atomic mass is 9.46. The van der Waals surface area contributed by atoms with E-state index in [1.54, 1.807) is 0 Å². The Morgan fingerprint density at radius 1 is 1.00 bits per heavy atom. The van der Waals surface area contributed by atoms with Crippen molar-refractivity contribution in [3.05, 3.63) is 29.8 Å². The van der Waals surface area contributed by atoms with Crippen LogP contribution >= 0.6 is 0 Å². The van der Waals surface area contributed by atoms with Crippen molar-refractivity contribution in [2.75, 3.05) is 5.32 Å². The average molecular weight is 407 g/mol.